The van der Waals surface area contributed by atoms with Gasteiger partial charge in [-0.25, -0.2) is 8.78 Å². The monoisotopic (exact) mass is 331 g/mol. The summed E-state index contributed by atoms with van der Waals surface area (Å²) in [6.45, 7) is 9.31. The summed E-state index contributed by atoms with van der Waals surface area (Å²) in [6.07, 6.45) is -0.664. The van der Waals surface area contributed by atoms with Crippen molar-refractivity contribution in [2.75, 3.05) is 0 Å². The Morgan fingerprint density at radius 3 is 2.23 bits per heavy atom. The fourth-order valence-electron chi connectivity index (χ4n) is 2.13. The average molecular weight is 332 g/mol. The minimum Gasteiger partial charge on any atom is -0.399 e. The standard InChI is InChI=1S/C15H21BClF2NO2/c1-9(13(18)19)6-12-11(17)7-10(8-20-12)16-21-14(2,3)15(4,5)22-16/h7-9,13H,6H2,1-5H3. The molecule has 1 aromatic rings. The van der Waals surface area contributed by atoms with Gasteiger partial charge in [0, 0.05) is 17.6 Å². The normalized spacial score (nSPS) is 21.4. The van der Waals surface area contributed by atoms with E-state index in [9.17, 15) is 8.78 Å². The summed E-state index contributed by atoms with van der Waals surface area (Å²) in [4.78, 5) is 4.22. The molecule has 1 aromatic heterocycles. The molecule has 1 aliphatic rings. The first-order valence-corrected chi connectivity index (χ1v) is 7.69. The molecule has 0 aromatic carbocycles. The Bertz CT molecular complexity index is 538. The summed E-state index contributed by atoms with van der Waals surface area (Å²) in [5, 5.41) is 0.361. The molecule has 0 radical (unpaired) electrons. The van der Waals surface area contributed by atoms with E-state index in [1.165, 1.54) is 6.92 Å². The third-order valence-electron chi connectivity index (χ3n) is 4.41. The molecule has 1 aliphatic heterocycles. The number of aromatic nitrogens is 1. The molecule has 22 heavy (non-hydrogen) atoms. The lowest BCUT2D eigenvalue weighted by atomic mass is 9.80. The Hall–Kier alpha value is -0.715. The maximum absolute atomic E-state index is 12.6. The van der Waals surface area contributed by atoms with Gasteiger partial charge in [-0.3, -0.25) is 4.98 Å². The van der Waals surface area contributed by atoms with Crippen molar-refractivity contribution >= 4 is 24.2 Å². The second-order valence-electron chi connectivity index (χ2n) is 6.80. The van der Waals surface area contributed by atoms with Crippen LogP contribution in [-0.2, 0) is 15.7 Å². The largest absolute Gasteiger partial charge is 0.496 e. The first-order valence-electron chi connectivity index (χ1n) is 7.31. The molecular formula is C15H21BClF2NO2. The number of alkyl halides is 2. The molecule has 0 N–H and O–H groups in total. The maximum Gasteiger partial charge on any atom is 0.496 e. The number of hydrogen-bond donors (Lipinski definition) is 0. The van der Waals surface area contributed by atoms with Crippen LogP contribution < -0.4 is 5.46 Å². The highest BCUT2D eigenvalue weighted by Gasteiger charge is 2.51. The smallest absolute Gasteiger partial charge is 0.399 e. The van der Waals surface area contributed by atoms with Gasteiger partial charge in [-0.05, 0) is 40.2 Å². The summed E-state index contributed by atoms with van der Waals surface area (Å²) >= 11 is 6.18. The highest BCUT2D eigenvalue weighted by atomic mass is 35.5. The summed E-state index contributed by atoms with van der Waals surface area (Å²) in [5.74, 6) is -0.785. The SMILES string of the molecule is CC(Cc1ncc(B2OC(C)(C)C(C)(C)O2)cc1Cl)C(F)F. The topological polar surface area (TPSA) is 31.4 Å². The van der Waals surface area contributed by atoms with Crippen LogP contribution >= 0.6 is 11.6 Å². The van der Waals surface area contributed by atoms with E-state index in [4.69, 9.17) is 20.9 Å². The lowest BCUT2D eigenvalue weighted by Crippen LogP contribution is -2.41. The molecule has 1 atom stereocenters. The predicted octanol–water partition coefficient (Wildman–Crippen LogP) is 3.48. The molecule has 2 rings (SSSR count). The fraction of sp³-hybridized carbons (Fsp3) is 0.667. The lowest BCUT2D eigenvalue weighted by Gasteiger charge is -2.32. The van der Waals surface area contributed by atoms with Crippen LogP contribution in [0.1, 0.15) is 40.3 Å². The first kappa shape index (κ1) is 17.6. The van der Waals surface area contributed by atoms with Gasteiger partial charge < -0.3 is 9.31 Å². The van der Waals surface area contributed by atoms with E-state index >= 15 is 0 Å². The molecule has 0 saturated carbocycles. The van der Waals surface area contributed by atoms with E-state index < -0.39 is 30.7 Å². The highest BCUT2D eigenvalue weighted by molar-refractivity contribution is 6.62. The third kappa shape index (κ3) is 3.44. The van der Waals surface area contributed by atoms with Crippen LogP contribution in [0.2, 0.25) is 5.02 Å². The number of hydrogen-bond acceptors (Lipinski definition) is 3. The Kier molecular flexibility index (Phi) is 4.86. The lowest BCUT2D eigenvalue weighted by molar-refractivity contribution is 0.00578. The van der Waals surface area contributed by atoms with Gasteiger partial charge in [-0.15, -0.1) is 0 Å². The first-order chi connectivity index (χ1) is 10.0. The van der Waals surface area contributed by atoms with Gasteiger partial charge in [-0.2, -0.15) is 0 Å². The molecular weight excluding hydrogens is 310 g/mol. The molecule has 1 unspecified atom stereocenters. The molecule has 2 heterocycles. The number of halogens is 3. The van der Waals surface area contributed by atoms with Crippen molar-refractivity contribution in [1.82, 2.24) is 4.98 Å². The second-order valence-corrected chi connectivity index (χ2v) is 7.21. The predicted molar refractivity (Wildman–Crippen MR) is 83.8 cm³/mol. The van der Waals surface area contributed by atoms with Crippen LogP contribution in [0.25, 0.3) is 0 Å². The number of pyridine rings is 1. The van der Waals surface area contributed by atoms with Crippen molar-refractivity contribution in [2.24, 2.45) is 5.92 Å². The molecule has 122 valence electrons. The van der Waals surface area contributed by atoms with E-state index in [1.54, 1.807) is 12.3 Å². The van der Waals surface area contributed by atoms with E-state index in [-0.39, 0.29) is 6.42 Å². The second kappa shape index (κ2) is 6.06. The zero-order valence-corrected chi connectivity index (χ0v) is 14.2. The maximum atomic E-state index is 12.6. The minimum atomic E-state index is -2.39. The zero-order valence-electron chi connectivity index (χ0n) is 13.5. The molecule has 1 saturated heterocycles. The van der Waals surface area contributed by atoms with Crippen LogP contribution in [0.15, 0.2) is 12.3 Å². The van der Waals surface area contributed by atoms with E-state index in [1.807, 2.05) is 27.7 Å². The van der Waals surface area contributed by atoms with Crippen LogP contribution in [0.3, 0.4) is 0 Å². The van der Waals surface area contributed by atoms with Crippen LogP contribution in [0, 0.1) is 5.92 Å². The highest BCUT2D eigenvalue weighted by Crippen LogP contribution is 2.36. The van der Waals surface area contributed by atoms with E-state index in [2.05, 4.69) is 4.98 Å². The number of rotatable bonds is 4. The van der Waals surface area contributed by atoms with Crippen LogP contribution in [0.4, 0.5) is 8.78 Å². The van der Waals surface area contributed by atoms with Gasteiger partial charge >= 0.3 is 7.12 Å². The molecule has 0 bridgehead atoms. The third-order valence-corrected chi connectivity index (χ3v) is 4.74. The molecule has 1 fully saturated rings. The molecule has 0 spiro atoms. The molecule has 0 amide bonds. The Balaban J connectivity index is 2.17. The number of nitrogens with zero attached hydrogens (tertiary/aromatic N) is 1. The molecule has 3 nitrogen and oxygen atoms in total. The van der Waals surface area contributed by atoms with Crippen molar-refractivity contribution in [3.63, 3.8) is 0 Å². The molecule has 7 heteroatoms. The van der Waals surface area contributed by atoms with Crippen LogP contribution in [-0.4, -0.2) is 29.7 Å². The summed E-state index contributed by atoms with van der Waals surface area (Å²) in [6, 6.07) is 1.68. The fourth-order valence-corrected chi connectivity index (χ4v) is 2.39. The van der Waals surface area contributed by atoms with Gasteiger partial charge in [0.25, 0.3) is 0 Å². The van der Waals surface area contributed by atoms with Crippen molar-refractivity contribution in [3.8, 4) is 0 Å². The van der Waals surface area contributed by atoms with Crippen LogP contribution in [0.5, 0.6) is 0 Å². The van der Waals surface area contributed by atoms with E-state index in [0.29, 0.717) is 16.2 Å². The summed E-state index contributed by atoms with van der Waals surface area (Å²) in [5.41, 5.74) is 0.256. The van der Waals surface area contributed by atoms with Gasteiger partial charge in [0.15, 0.2) is 0 Å². The van der Waals surface area contributed by atoms with E-state index in [0.717, 1.165) is 0 Å². The van der Waals surface area contributed by atoms with Gasteiger partial charge in [0.05, 0.1) is 21.9 Å². The van der Waals surface area contributed by atoms with Gasteiger partial charge in [-0.1, -0.05) is 18.5 Å². The minimum absolute atomic E-state index is 0.139. The van der Waals surface area contributed by atoms with Crippen molar-refractivity contribution in [1.29, 1.82) is 0 Å². The van der Waals surface area contributed by atoms with Crippen molar-refractivity contribution in [2.45, 2.75) is 58.7 Å². The quantitative estimate of drug-likeness (QED) is 0.792. The average Bonchev–Trinajstić information content (AvgIpc) is 2.60. The Morgan fingerprint density at radius 1 is 1.23 bits per heavy atom. The van der Waals surface area contributed by atoms with Crippen molar-refractivity contribution < 1.29 is 18.1 Å². The summed E-state index contributed by atoms with van der Waals surface area (Å²) in [7, 11) is -0.559. The van der Waals surface area contributed by atoms with Crippen molar-refractivity contribution in [3.05, 3.63) is 23.0 Å². The molecule has 0 aliphatic carbocycles. The Morgan fingerprint density at radius 2 is 1.77 bits per heavy atom. The summed E-state index contributed by atoms with van der Waals surface area (Å²) < 4.78 is 37.1. The zero-order chi connectivity index (χ0) is 16.7. The Labute approximate surface area is 135 Å². The van der Waals surface area contributed by atoms with Gasteiger partial charge in [0.1, 0.15) is 0 Å². The van der Waals surface area contributed by atoms with Gasteiger partial charge in [0.2, 0.25) is 6.43 Å².